The van der Waals surface area contributed by atoms with Crippen LogP contribution in [0.25, 0.3) is 17.1 Å². The maximum absolute atomic E-state index is 12.5. The number of nitrogens with one attached hydrogen (secondary N) is 1. The van der Waals surface area contributed by atoms with Gasteiger partial charge in [-0.15, -0.1) is 10.2 Å². The second kappa shape index (κ2) is 10.4. The van der Waals surface area contributed by atoms with E-state index in [1.807, 2.05) is 53.1 Å². The van der Waals surface area contributed by atoms with Gasteiger partial charge in [-0.1, -0.05) is 23.4 Å². The van der Waals surface area contributed by atoms with Crippen molar-refractivity contribution >= 4 is 35.0 Å². The predicted molar refractivity (Wildman–Crippen MR) is 131 cm³/mol. The summed E-state index contributed by atoms with van der Waals surface area (Å²) in [7, 11) is 3.25. The van der Waals surface area contributed by atoms with E-state index in [0.29, 0.717) is 21.7 Å². The molecule has 9 heteroatoms. The second-order valence-corrected chi connectivity index (χ2v) is 8.29. The van der Waals surface area contributed by atoms with Gasteiger partial charge in [0.15, 0.2) is 11.0 Å². The van der Waals surface area contributed by atoms with Crippen LogP contribution in [0.4, 0.5) is 5.69 Å². The molecule has 168 valence electrons. The number of nitrogens with zero attached hydrogens (tertiary/aromatic N) is 3. The number of methoxy groups -OCH3 is 2. The molecule has 1 heterocycles. The van der Waals surface area contributed by atoms with E-state index >= 15 is 0 Å². The molecule has 0 aliphatic rings. The highest BCUT2D eigenvalue weighted by molar-refractivity contribution is 7.99. The van der Waals surface area contributed by atoms with E-state index in [9.17, 15) is 4.79 Å². The minimum atomic E-state index is -0.155. The fourth-order valence-corrected chi connectivity index (χ4v) is 3.99. The Morgan fingerprint density at radius 1 is 0.909 bits per heavy atom. The third-order valence-corrected chi connectivity index (χ3v) is 5.95. The van der Waals surface area contributed by atoms with Crippen LogP contribution in [0, 0.1) is 0 Å². The summed E-state index contributed by atoms with van der Waals surface area (Å²) in [5.74, 6) is 2.16. The van der Waals surface area contributed by atoms with E-state index in [-0.39, 0.29) is 11.7 Å². The molecule has 0 saturated carbocycles. The Morgan fingerprint density at radius 2 is 1.52 bits per heavy atom. The van der Waals surface area contributed by atoms with Crippen molar-refractivity contribution in [2.45, 2.75) is 5.16 Å². The van der Waals surface area contributed by atoms with E-state index in [1.165, 1.54) is 11.8 Å². The van der Waals surface area contributed by atoms with Crippen LogP contribution in [0.15, 0.2) is 78.0 Å². The standard InChI is InChI=1S/C24H21ClN4O3S/c1-31-20-11-3-16(4-12-20)23-27-28-24(29(23)19-9-13-21(32-2)14-10-19)33-15-22(30)26-18-7-5-17(25)6-8-18/h3-14H,15H2,1-2H3,(H,26,30). The SMILES string of the molecule is COc1ccc(-c2nnc(SCC(=O)Nc3ccc(Cl)cc3)n2-c2ccc(OC)cc2)cc1. The molecule has 1 amide bonds. The van der Waals surface area contributed by atoms with Crippen molar-refractivity contribution in [1.29, 1.82) is 0 Å². The minimum absolute atomic E-state index is 0.155. The zero-order chi connectivity index (χ0) is 23.2. The van der Waals surface area contributed by atoms with Gasteiger partial charge in [0.05, 0.1) is 20.0 Å². The van der Waals surface area contributed by atoms with E-state index in [1.54, 1.807) is 38.5 Å². The zero-order valence-electron chi connectivity index (χ0n) is 18.0. The Labute approximate surface area is 200 Å². The molecule has 0 aliphatic carbocycles. The Bertz CT molecular complexity index is 1230. The molecule has 3 aromatic carbocycles. The smallest absolute Gasteiger partial charge is 0.234 e. The molecule has 1 aromatic heterocycles. The number of ether oxygens (including phenoxy) is 2. The molecule has 33 heavy (non-hydrogen) atoms. The fourth-order valence-electron chi connectivity index (χ4n) is 3.11. The summed E-state index contributed by atoms with van der Waals surface area (Å²) >= 11 is 7.21. The van der Waals surface area contributed by atoms with Gasteiger partial charge in [0.1, 0.15) is 11.5 Å². The van der Waals surface area contributed by atoms with E-state index in [0.717, 1.165) is 22.7 Å². The lowest BCUT2D eigenvalue weighted by Crippen LogP contribution is -2.14. The number of carbonyl (C=O) groups excluding carboxylic acids is 1. The second-order valence-electron chi connectivity index (χ2n) is 6.91. The molecule has 0 radical (unpaired) electrons. The molecule has 0 atom stereocenters. The lowest BCUT2D eigenvalue weighted by Gasteiger charge is -2.11. The lowest BCUT2D eigenvalue weighted by atomic mass is 10.2. The number of benzene rings is 3. The summed E-state index contributed by atoms with van der Waals surface area (Å²) in [4.78, 5) is 12.5. The number of hydrogen-bond acceptors (Lipinski definition) is 6. The maximum Gasteiger partial charge on any atom is 0.234 e. The largest absolute Gasteiger partial charge is 0.497 e. The molecule has 7 nitrogen and oxygen atoms in total. The van der Waals surface area contributed by atoms with Gasteiger partial charge < -0.3 is 14.8 Å². The van der Waals surface area contributed by atoms with Crippen molar-refractivity contribution in [3.8, 4) is 28.6 Å². The van der Waals surface area contributed by atoms with Crippen molar-refractivity contribution in [1.82, 2.24) is 14.8 Å². The van der Waals surface area contributed by atoms with Crippen LogP contribution in [0.3, 0.4) is 0 Å². The number of halogens is 1. The molecule has 0 fully saturated rings. The number of hydrogen-bond donors (Lipinski definition) is 1. The van der Waals surface area contributed by atoms with Gasteiger partial charge in [0, 0.05) is 22.0 Å². The van der Waals surface area contributed by atoms with Gasteiger partial charge in [-0.2, -0.15) is 0 Å². The highest BCUT2D eigenvalue weighted by atomic mass is 35.5. The van der Waals surface area contributed by atoms with Crippen molar-refractivity contribution in [3.63, 3.8) is 0 Å². The first-order valence-corrected chi connectivity index (χ1v) is 11.4. The summed E-state index contributed by atoms with van der Waals surface area (Å²) in [5, 5.41) is 12.8. The van der Waals surface area contributed by atoms with Gasteiger partial charge >= 0.3 is 0 Å². The molecule has 0 saturated heterocycles. The molecule has 0 bridgehead atoms. The topological polar surface area (TPSA) is 78.3 Å². The first-order valence-electron chi connectivity index (χ1n) is 10.00. The van der Waals surface area contributed by atoms with E-state index in [4.69, 9.17) is 21.1 Å². The van der Waals surface area contributed by atoms with E-state index < -0.39 is 0 Å². The van der Waals surface area contributed by atoms with Crippen LogP contribution in [-0.2, 0) is 4.79 Å². The average molecular weight is 481 g/mol. The molecule has 4 aromatic rings. The lowest BCUT2D eigenvalue weighted by molar-refractivity contribution is -0.113. The highest BCUT2D eigenvalue weighted by Gasteiger charge is 2.18. The molecule has 4 rings (SSSR count). The summed E-state index contributed by atoms with van der Waals surface area (Å²) in [5.41, 5.74) is 2.41. The summed E-state index contributed by atoms with van der Waals surface area (Å²) in [6.07, 6.45) is 0. The zero-order valence-corrected chi connectivity index (χ0v) is 19.6. The Kier molecular flexibility index (Phi) is 7.16. The van der Waals surface area contributed by atoms with E-state index in [2.05, 4.69) is 15.5 Å². The first-order chi connectivity index (χ1) is 16.1. The minimum Gasteiger partial charge on any atom is -0.497 e. The van der Waals surface area contributed by atoms with Crippen LogP contribution >= 0.6 is 23.4 Å². The van der Waals surface area contributed by atoms with Crippen LogP contribution in [0.2, 0.25) is 5.02 Å². The Hall–Kier alpha value is -3.49. The third kappa shape index (κ3) is 5.47. The molecular weight excluding hydrogens is 460 g/mol. The highest BCUT2D eigenvalue weighted by Crippen LogP contribution is 2.30. The van der Waals surface area contributed by atoms with Crippen LogP contribution in [0.5, 0.6) is 11.5 Å². The van der Waals surface area contributed by atoms with Crippen LogP contribution < -0.4 is 14.8 Å². The molecule has 0 spiro atoms. The molecule has 0 aliphatic heterocycles. The fraction of sp³-hybridized carbons (Fsp3) is 0.125. The number of amides is 1. The van der Waals surface area contributed by atoms with Crippen molar-refractivity contribution in [3.05, 3.63) is 77.8 Å². The monoisotopic (exact) mass is 480 g/mol. The Morgan fingerprint density at radius 3 is 2.12 bits per heavy atom. The van der Waals surface area contributed by atoms with Gasteiger partial charge in [0.25, 0.3) is 0 Å². The number of anilines is 1. The normalized spacial score (nSPS) is 10.6. The molecule has 0 unspecified atom stereocenters. The van der Waals surface area contributed by atoms with Gasteiger partial charge in [-0.3, -0.25) is 9.36 Å². The number of aromatic nitrogens is 3. The number of rotatable bonds is 8. The number of carbonyl (C=O) groups is 1. The first kappa shape index (κ1) is 22.7. The van der Waals surface area contributed by atoms with Gasteiger partial charge in [-0.25, -0.2) is 0 Å². The third-order valence-electron chi connectivity index (χ3n) is 4.77. The van der Waals surface area contributed by atoms with Crippen molar-refractivity contribution < 1.29 is 14.3 Å². The van der Waals surface area contributed by atoms with Gasteiger partial charge in [0.2, 0.25) is 5.91 Å². The van der Waals surface area contributed by atoms with Crippen molar-refractivity contribution in [2.24, 2.45) is 0 Å². The molecule has 1 N–H and O–H groups in total. The average Bonchev–Trinajstić information content (AvgIpc) is 3.28. The summed E-state index contributed by atoms with van der Waals surface area (Å²) < 4.78 is 12.5. The number of thioether (sulfide) groups is 1. The quantitative estimate of drug-likeness (QED) is 0.343. The van der Waals surface area contributed by atoms with Gasteiger partial charge in [-0.05, 0) is 72.8 Å². The maximum atomic E-state index is 12.5. The Balaban J connectivity index is 1.60. The van der Waals surface area contributed by atoms with Crippen LogP contribution in [-0.4, -0.2) is 40.6 Å². The predicted octanol–water partition coefficient (Wildman–Crippen LogP) is 5.34. The summed E-state index contributed by atoms with van der Waals surface area (Å²) in [6.45, 7) is 0. The van der Waals surface area contributed by atoms with Crippen molar-refractivity contribution in [2.75, 3.05) is 25.3 Å². The molecular formula is C24H21ClN4O3S. The van der Waals surface area contributed by atoms with Crippen LogP contribution in [0.1, 0.15) is 0 Å². The summed E-state index contributed by atoms with van der Waals surface area (Å²) in [6, 6.07) is 22.1.